The predicted molar refractivity (Wildman–Crippen MR) is 108 cm³/mol. The molecule has 0 radical (unpaired) electrons. The lowest BCUT2D eigenvalue weighted by molar-refractivity contribution is -0.127. The van der Waals surface area contributed by atoms with Crippen molar-refractivity contribution in [1.82, 2.24) is 4.90 Å². The summed E-state index contributed by atoms with van der Waals surface area (Å²) in [6, 6.07) is 16.4. The van der Waals surface area contributed by atoms with Gasteiger partial charge >= 0.3 is 10.1 Å². The largest absolute Gasteiger partial charge is 0.383 e. The van der Waals surface area contributed by atoms with Gasteiger partial charge in [-0.2, -0.15) is 8.42 Å². The summed E-state index contributed by atoms with van der Waals surface area (Å²) in [6.07, 6.45) is 4.39. The molecule has 0 heterocycles. The minimum atomic E-state index is -3.55. The monoisotopic (exact) mass is 387 g/mol. The van der Waals surface area contributed by atoms with E-state index in [0.29, 0.717) is 19.0 Å². The second-order valence-corrected chi connectivity index (χ2v) is 8.36. The summed E-state index contributed by atoms with van der Waals surface area (Å²) in [6.45, 7) is 5.18. The summed E-state index contributed by atoms with van der Waals surface area (Å²) in [5.41, 5.74) is 1.87. The SMILES string of the molecule is CC(C)CN(Cc1ccc(OS(C)(=O)=O)cc1)C(=O)C=Cc1ccccc1. The maximum Gasteiger partial charge on any atom is 0.306 e. The Bertz CT molecular complexity index is 872. The molecule has 144 valence electrons. The van der Waals surface area contributed by atoms with Crippen LogP contribution in [0.15, 0.2) is 60.7 Å². The standard InChI is InChI=1S/C21H25NO4S/c1-17(2)15-22(21(23)14-11-18-7-5-4-6-8-18)16-19-9-12-20(13-10-19)26-27(3,24)25/h4-14,17H,15-16H2,1-3H3. The summed E-state index contributed by atoms with van der Waals surface area (Å²) in [5, 5.41) is 0. The lowest BCUT2D eigenvalue weighted by Crippen LogP contribution is -2.32. The first kappa shape index (κ1) is 20.7. The molecule has 0 unspecified atom stereocenters. The summed E-state index contributed by atoms with van der Waals surface area (Å²) in [4.78, 5) is 14.4. The third kappa shape index (κ3) is 7.66. The van der Waals surface area contributed by atoms with Crippen molar-refractivity contribution in [2.45, 2.75) is 20.4 Å². The zero-order chi connectivity index (χ0) is 19.9. The van der Waals surface area contributed by atoms with Crippen molar-refractivity contribution in [3.8, 4) is 5.75 Å². The highest BCUT2D eigenvalue weighted by atomic mass is 32.2. The molecule has 0 atom stereocenters. The van der Waals surface area contributed by atoms with E-state index in [-0.39, 0.29) is 11.7 Å². The molecule has 0 aliphatic carbocycles. The van der Waals surface area contributed by atoms with E-state index in [1.54, 1.807) is 41.3 Å². The molecule has 1 amide bonds. The minimum absolute atomic E-state index is 0.0657. The fraction of sp³-hybridized carbons (Fsp3) is 0.286. The molecule has 0 saturated heterocycles. The van der Waals surface area contributed by atoms with Gasteiger partial charge in [0, 0.05) is 19.2 Å². The Kier molecular flexibility index (Phi) is 7.19. The Morgan fingerprint density at radius 2 is 1.70 bits per heavy atom. The van der Waals surface area contributed by atoms with Gasteiger partial charge in [0.1, 0.15) is 5.75 Å². The molecular weight excluding hydrogens is 362 g/mol. The fourth-order valence-corrected chi connectivity index (χ4v) is 3.02. The van der Waals surface area contributed by atoms with Crippen LogP contribution in [-0.4, -0.2) is 32.0 Å². The van der Waals surface area contributed by atoms with Gasteiger partial charge in [0.15, 0.2) is 0 Å². The molecule has 0 aliphatic heterocycles. The van der Waals surface area contributed by atoms with Crippen LogP contribution in [0.4, 0.5) is 0 Å². The molecule has 27 heavy (non-hydrogen) atoms. The molecule has 0 aromatic heterocycles. The summed E-state index contributed by atoms with van der Waals surface area (Å²) < 4.78 is 27.2. The fourth-order valence-electron chi connectivity index (χ4n) is 2.56. The van der Waals surface area contributed by atoms with Crippen LogP contribution in [0.2, 0.25) is 0 Å². The van der Waals surface area contributed by atoms with Crippen molar-refractivity contribution in [2.75, 3.05) is 12.8 Å². The highest BCUT2D eigenvalue weighted by Crippen LogP contribution is 2.16. The van der Waals surface area contributed by atoms with Crippen molar-refractivity contribution in [1.29, 1.82) is 0 Å². The first-order valence-corrected chi connectivity index (χ1v) is 10.5. The van der Waals surface area contributed by atoms with Gasteiger partial charge < -0.3 is 9.08 Å². The van der Waals surface area contributed by atoms with E-state index in [0.717, 1.165) is 17.4 Å². The Morgan fingerprint density at radius 3 is 2.26 bits per heavy atom. The molecule has 0 spiro atoms. The number of amides is 1. The quantitative estimate of drug-likeness (QED) is 0.511. The topological polar surface area (TPSA) is 63.7 Å². The zero-order valence-electron chi connectivity index (χ0n) is 15.8. The number of carbonyl (C=O) groups excluding carboxylic acids is 1. The van der Waals surface area contributed by atoms with Crippen LogP contribution in [0.5, 0.6) is 5.75 Å². The molecule has 0 fully saturated rings. The van der Waals surface area contributed by atoms with E-state index < -0.39 is 10.1 Å². The third-order valence-electron chi connectivity index (χ3n) is 3.66. The van der Waals surface area contributed by atoms with Crippen LogP contribution in [0.25, 0.3) is 6.08 Å². The Morgan fingerprint density at radius 1 is 1.07 bits per heavy atom. The Hall–Kier alpha value is -2.60. The van der Waals surface area contributed by atoms with Gasteiger partial charge in [-0.05, 0) is 35.3 Å². The predicted octanol–water partition coefficient (Wildman–Crippen LogP) is 3.72. The van der Waals surface area contributed by atoms with Crippen LogP contribution >= 0.6 is 0 Å². The minimum Gasteiger partial charge on any atom is -0.383 e. The van der Waals surface area contributed by atoms with Crippen molar-refractivity contribution in [3.63, 3.8) is 0 Å². The Labute approximate surface area is 161 Å². The van der Waals surface area contributed by atoms with E-state index in [1.165, 1.54) is 0 Å². The van der Waals surface area contributed by atoms with Crippen LogP contribution in [0, 0.1) is 5.92 Å². The number of carbonyl (C=O) groups is 1. The second-order valence-electron chi connectivity index (χ2n) is 6.79. The van der Waals surface area contributed by atoms with Crippen LogP contribution < -0.4 is 4.18 Å². The van der Waals surface area contributed by atoms with E-state index >= 15 is 0 Å². The summed E-state index contributed by atoms with van der Waals surface area (Å²) in [5.74, 6) is 0.517. The normalized spacial score (nSPS) is 11.7. The first-order valence-electron chi connectivity index (χ1n) is 8.73. The number of benzene rings is 2. The van der Waals surface area contributed by atoms with Gasteiger partial charge in [0.05, 0.1) is 6.26 Å². The molecule has 0 N–H and O–H groups in total. The molecule has 0 saturated carbocycles. The molecule has 2 aromatic rings. The number of hydrogen-bond donors (Lipinski definition) is 0. The van der Waals surface area contributed by atoms with E-state index in [2.05, 4.69) is 13.8 Å². The van der Waals surface area contributed by atoms with Gasteiger partial charge in [-0.15, -0.1) is 0 Å². The zero-order valence-corrected chi connectivity index (χ0v) is 16.6. The average Bonchev–Trinajstić information content (AvgIpc) is 2.60. The molecule has 0 aliphatic rings. The highest BCUT2D eigenvalue weighted by Gasteiger charge is 2.13. The van der Waals surface area contributed by atoms with Gasteiger partial charge in [-0.1, -0.05) is 56.3 Å². The van der Waals surface area contributed by atoms with Crippen LogP contribution in [0.3, 0.4) is 0 Å². The average molecular weight is 388 g/mol. The van der Waals surface area contributed by atoms with E-state index in [1.807, 2.05) is 30.3 Å². The molecule has 2 aromatic carbocycles. The maximum absolute atomic E-state index is 12.6. The summed E-state index contributed by atoms with van der Waals surface area (Å²) in [7, 11) is -3.55. The third-order valence-corrected chi connectivity index (χ3v) is 4.15. The molecule has 6 heteroatoms. The molecule has 2 rings (SSSR count). The van der Waals surface area contributed by atoms with Crippen molar-refractivity contribution in [2.24, 2.45) is 5.92 Å². The molecule has 0 bridgehead atoms. The van der Waals surface area contributed by atoms with Gasteiger partial charge in [-0.25, -0.2) is 0 Å². The highest BCUT2D eigenvalue weighted by molar-refractivity contribution is 7.86. The molecular formula is C21H25NO4S. The second kappa shape index (κ2) is 9.37. The van der Waals surface area contributed by atoms with Crippen molar-refractivity contribution >= 4 is 22.1 Å². The van der Waals surface area contributed by atoms with Gasteiger partial charge in [-0.3, -0.25) is 4.79 Å². The summed E-state index contributed by atoms with van der Waals surface area (Å²) >= 11 is 0. The van der Waals surface area contributed by atoms with Gasteiger partial charge in [0.2, 0.25) is 5.91 Å². The number of hydrogen-bond acceptors (Lipinski definition) is 4. The van der Waals surface area contributed by atoms with Crippen molar-refractivity contribution < 1.29 is 17.4 Å². The maximum atomic E-state index is 12.6. The van der Waals surface area contributed by atoms with Gasteiger partial charge in [0.25, 0.3) is 0 Å². The van der Waals surface area contributed by atoms with Crippen LogP contribution in [-0.2, 0) is 21.5 Å². The van der Waals surface area contributed by atoms with E-state index in [9.17, 15) is 13.2 Å². The first-order chi connectivity index (χ1) is 12.7. The van der Waals surface area contributed by atoms with Crippen LogP contribution in [0.1, 0.15) is 25.0 Å². The van der Waals surface area contributed by atoms with E-state index in [4.69, 9.17) is 4.18 Å². The Balaban J connectivity index is 2.09. The number of nitrogens with zero attached hydrogens (tertiary/aromatic N) is 1. The molecule has 5 nitrogen and oxygen atoms in total. The smallest absolute Gasteiger partial charge is 0.306 e. The lowest BCUT2D eigenvalue weighted by Gasteiger charge is -2.23. The lowest BCUT2D eigenvalue weighted by atomic mass is 10.1. The number of rotatable bonds is 8. The van der Waals surface area contributed by atoms with Crippen molar-refractivity contribution in [3.05, 3.63) is 71.8 Å².